The van der Waals surface area contributed by atoms with E-state index in [0.717, 1.165) is 28.0 Å². The fourth-order valence-corrected chi connectivity index (χ4v) is 4.16. The summed E-state index contributed by atoms with van der Waals surface area (Å²) in [5.41, 5.74) is 4.70. The van der Waals surface area contributed by atoms with Crippen molar-refractivity contribution < 1.29 is 9.47 Å². The molecule has 0 aliphatic heterocycles. The Morgan fingerprint density at radius 2 is 1.00 bits per heavy atom. The predicted molar refractivity (Wildman–Crippen MR) is 123 cm³/mol. The van der Waals surface area contributed by atoms with Crippen LogP contribution < -0.4 is 9.47 Å². The third-order valence-corrected chi connectivity index (χ3v) is 5.58. The van der Waals surface area contributed by atoms with Gasteiger partial charge in [-0.15, -0.1) is 0 Å². The molecule has 1 aromatic heterocycles. The lowest BCUT2D eigenvalue weighted by molar-refractivity contribution is 0.415. The first-order chi connectivity index (χ1) is 14.8. The van der Waals surface area contributed by atoms with E-state index >= 15 is 0 Å². The van der Waals surface area contributed by atoms with E-state index in [2.05, 4.69) is 59.6 Å². The van der Waals surface area contributed by atoms with Crippen LogP contribution in [0.25, 0.3) is 43.8 Å². The molecule has 146 valence electrons. The summed E-state index contributed by atoms with van der Waals surface area (Å²) in [4.78, 5) is 4.46. The maximum atomic E-state index is 5.36. The van der Waals surface area contributed by atoms with Gasteiger partial charge >= 0.3 is 0 Å². The zero-order valence-electron chi connectivity index (χ0n) is 16.9. The quantitative estimate of drug-likeness (QED) is 0.318. The highest BCUT2D eigenvalue weighted by molar-refractivity contribution is 6.21. The molecule has 3 nitrogen and oxygen atoms in total. The van der Waals surface area contributed by atoms with Gasteiger partial charge in [-0.25, -0.2) is 0 Å². The lowest BCUT2D eigenvalue weighted by Crippen LogP contribution is -1.92. The Morgan fingerprint density at radius 1 is 0.533 bits per heavy atom. The molecule has 0 N–H and O–H groups in total. The second kappa shape index (κ2) is 7.53. The summed E-state index contributed by atoms with van der Waals surface area (Å²) in [6, 6.07) is 27.2. The van der Waals surface area contributed by atoms with Gasteiger partial charge in [0.15, 0.2) is 0 Å². The molecular weight excluding hydrogens is 370 g/mol. The summed E-state index contributed by atoms with van der Waals surface area (Å²) < 4.78 is 10.7. The first-order valence-corrected chi connectivity index (χ1v) is 9.87. The lowest BCUT2D eigenvalue weighted by atomic mass is 9.87. The number of rotatable bonds is 4. The van der Waals surface area contributed by atoms with Crippen LogP contribution in [-0.2, 0) is 0 Å². The molecule has 5 rings (SSSR count). The third kappa shape index (κ3) is 2.96. The third-order valence-electron chi connectivity index (χ3n) is 5.58. The monoisotopic (exact) mass is 391 g/mol. The average molecular weight is 391 g/mol. The van der Waals surface area contributed by atoms with Crippen LogP contribution in [0.15, 0.2) is 91.3 Å². The van der Waals surface area contributed by atoms with E-state index in [9.17, 15) is 0 Å². The van der Waals surface area contributed by atoms with Crippen molar-refractivity contribution in [3.8, 4) is 33.8 Å². The minimum atomic E-state index is 0.848. The van der Waals surface area contributed by atoms with E-state index in [-0.39, 0.29) is 0 Å². The smallest absolute Gasteiger partial charge is 0.118 e. The number of methoxy groups -OCH3 is 2. The van der Waals surface area contributed by atoms with E-state index in [4.69, 9.17) is 9.47 Å². The molecule has 0 radical (unpaired) electrons. The molecule has 30 heavy (non-hydrogen) atoms. The minimum absolute atomic E-state index is 0.848. The minimum Gasteiger partial charge on any atom is -0.497 e. The number of ether oxygens (including phenoxy) is 2. The highest BCUT2D eigenvalue weighted by Gasteiger charge is 2.16. The Bertz CT molecular complexity index is 1180. The number of benzene rings is 4. The average Bonchev–Trinajstić information content (AvgIpc) is 2.82. The standard InChI is InChI=1S/C27H21NO2/c1-29-20-11-7-18(8-12-20)26-22-5-3-4-6-23(22)27(25-17-28-16-15-24(25)26)19-9-13-21(30-2)14-10-19/h3-17H,1-2H3. The molecule has 0 fully saturated rings. The van der Waals surface area contributed by atoms with E-state index < -0.39 is 0 Å². The summed E-state index contributed by atoms with van der Waals surface area (Å²) in [6.45, 7) is 0. The molecular formula is C27H21NO2. The van der Waals surface area contributed by atoms with Crippen molar-refractivity contribution in [1.82, 2.24) is 4.98 Å². The van der Waals surface area contributed by atoms with Crippen LogP contribution in [0, 0.1) is 0 Å². The fraction of sp³-hybridized carbons (Fsp3) is 0.0741. The summed E-state index contributed by atoms with van der Waals surface area (Å²) in [5.74, 6) is 1.70. The molecule has 0 spiro atoms. The van der Waals surface area contributed by atoms with Crippen molar-refractivity contribution in [2.75, 3.05) is 14.2 Å². The van der Waals surface area contributed by atoms with Gasteiger partial charge < -0.3 is 9.47 Å². The van der Waals surface area contributed by atoms with Gasteiger partial charge in [0.05, 0.1) is 14.2 Å². The molecule has 1 heterocycles. The van der Waals surface area contributed by atoms with Crippen LogP contribution in [-0.4, -0.2) is 19.2 Å². The van der Waals surface area contributed by atoms with Gasteiger partial charge in [0.2, 0.25) is 0 Å². The Morgan fingerprint density at radius 3 is 1.50 bits per heavy atom. The van der Waals surface area contributed by atoms with Crippen molar-refractivity contribution in [3.63, 3.8) is 0 Å². The highest BCUT2D eigenvalue weighted by atomic mass is 16.5. The van der Waals surface area contributed by atoms with Crippen LogP contribution in [0.1, 0.15) is 0 Å². The Kier molecular flexibility index (Phi) is 4.56. The van der Waals surface area contributed by atoms with Crippen molar-refractivity contribution in [2.24, 2.45) is 0 Å². The summed E-state index contributed by atoms with van der Waals surface area (Å²) >= 11 is 0. The van der Waals surface area contributed by atoms with Crippen LogP contribution in [0.3, 0.4) is 0 Å². The normalized spacial score (nSPS) is 11.0. The van der Waals surface area contributed by atoms with Gasteiger partial charge in [0, 0.05) is 17.8 Å². The fourth-order valence-electron chi connectivity index (χ4n) is 4.16. The lowest BCUT2D eigenvalue weighted by Gasteiger charge is -2.17. The largest absolute Gasteiger partial charge is 0.497 e. The molecule has 0 bridgehead atoms. The van der Waals surface area contributed by atoms with Gasteiger partial charge in [0.1, 0.15) is 11.5 Å². The van der Waals surface area contributed by atoms with Gasteiger partial charge in [-0.3, -0.25) is 4.98 Å². The van der Waals surface area contributed by atoms with Crippen LogP contribution in [0.5, 0.6) is 11.5 Å². The van der Waals surface area contributed by atoms with Gasteiger partial charge in [-0.2, -0.15) is 0 Å². The summed E-state index contributed by atoms with van der Waals surface area (Å²) in [5, 5.41) is 4.73. The zero-order valence-corrected chi connectivity index (χ0v) is 16.9. The molecule has 5 aromatic rings. The van der Waals surface area contributed by atoms with Crippen molar-refractivity contribution in [3.05, 3.63) is 91.3 Å². The van der Waals surface area contributed by atoms with Gasteiger partial charge in [-0.1, -0.05) is 48.5 Å². The Labute approximate surface area is 175 Å². The SMILES string of the molecule is COc1ccc(-c2c3ccccc3c(-c3ccc(OC)cc3)c3cnccc23)cc1. The van der Waals surface area contributed by atoms with Crippen molar-refractivity contribution in [2.45, 2.75) is 0 Å². The second-order valence-corrected chi connectivity index (χ2v) is 7.17. The Hall–Kier alpha value is -3.85. The van der Waals surface area contributed by atoms with E-state index in [0.29, 0.717) is 0 Å². The van der Waals surface area contributed by atoms with Crippen LogP contribution in [0.4, 0.5) is 0 Å². The number of fused-ring (bicyclic) bond motifs is 2. The van der Waals surface area contributed by atoms with Gasteiger partial charge in [-0.05, 0) is 68.7 Å². The first-order valence-electron chi connectivity index (χ1n) is 9.87. The molecule has 0 unspecified atom stereocenters. The molecule has 0 saturated carbocycles. The number of aromatic nitrogens is 1. The predicted octanol–water partition coefficient (Wildman–Crippen LogP) is 6.74. The maximum absolute atomic E-state index is 5.36. The van der Waals surface area contributed by atoms with E-state index in [1.54, 1.807) is 14.2 Å². The molecule has 0 atom stereocenters. The van der Waals surface area contributed by atoms with E-state index in [1.165, 1.54) is 27.3 Å². The van der Waals surface area contributed by atoms with Gasteiger partial charge in [0.25, 0.3) is 0 Å². The molecule has 3 heteroatoms. The number of nitrogens with zero attached hydrogens (tertiary/aromatic N) is 1. The van der Waals surface area contributed by atoms with Crippen LogP contribution in [0.2, 0.25) is 0 Å². The van der Waals surface area contributed by atoms with Crippen molar-refractivity contribution in [1.29, 1.82) is 0 Å². The molecule has 4 aromatic carbocycles. The molecule has 0 saturated heterocycles. The summed E-state index contributed by atoms with van der Waals surface area (Å²) in [7, 11) is 3.38. The maximum Gasteiger partial charge on any atom is 0.118 e. The molecule has 0 aliphatic carbocycles. The zero-order chi connectivity index (χ0) is 20.5. The Balaban J connectivity index is 1.88. The summed E-state index contributed by atoms with van der Waals surface area (Å²) in [6.07, 6.45) is 3.83. The number of hydrogen-bond acceptors (Lipinski definition) is 3. The highest BCUT2D eigenvalue weighted by Crippen LogP contribution is 2.43. The number of pyridine rings is 1. The van der Waals surface area contributed by atoms with Crippen LogP contribution >= 0.6 is 0 Å². The number of hydrogen-bond donors (Lipinski definition) is 0. The molecule has 0 amide bonds. The van der Waals surface area contributed by atoms with E-state index in [1.807, 2.05) is 36.7 Å². The second-order valence-electron chi connectivity index (χ2n) is 7.17. The first kappa shape index (κ1) is 18.2. The van der Waals surface area contributed by atoms with Crippen molar-refractivity contribution >= 4 is 21.5 Å². The molecule has 0 aliphatic rings. The topological polar surface area (TPSA) is 31.4 Å².